The molecule has 0 bridgehead atoms. The molecular formula is C23H21N3O3S. The number of carbonyl (C=O) groups excluding carboxylic acids is 1. The Bertz CT molecular complexity index is 1190. The van der Waals surface area contributed by atoms with E-state index in [-0.39, 0.29) is 6.03 Å². The predicted octanol–water partition coefficient (Wildman–Crippen LogP) is 5.93. The molecule has 7 heteroatoms. The molecule has 4 rings (SSSR count). The van der Waals surface area contributed by atoms with E-state index in [2.05, 4.69) is 16.7 Å². The molecule has 4 aromatic rings. The summed E-state index contributed by atoms with van der Waals surface area (Å²) in [4.78, 5) is 17.2. The third kappa shape index (κ3) is 4.06. The van der Waals surface area contributed by atoms with E-state index in [9.17, 15) is 4.79 Å². The second-order valence-corrected chi connectivity index (χ2v) is 7.69. The molecule has 2 amide bonds. The number of ether oxygens (including phenoxy) is 2. The Morgan fingerprint density at radius 3 is 2.47 bits per heavy atom. The molecule has 0 radical (unpaired) electrons. The first kappa shape index (κ1) is 19.7. The van der Waals surface area contributed by atoms with Crippen molar-refractivity contribution < 1.29 is 14.3 Å². The first-order valence-electron chi connectivity index (χ1n) is 9.34. The maximum absolute atomic E-state index is 12.5. The van der Waals surface area contributed by atoms with Gasteiger partial charge in [0, 0.05) is 17.3 Å². The summed E-state index contributed by atoms with van der Waals surface area (Å²) in [6, 6.07) is 18.8. The monoisotopic (exact) mass is 419 g/mol. The fourth-order valence-corrected chi connectivity index (χ4v) is 4.08. The number of aromatic nitrogens is 1. The number of fused-ring (bicyclic) bond motifs is 1. The molecule has 1 heterocycles. The van der Waals surface area contributed by atoms with E-state index < -0.39 is 0 Å². The molecule has 0 aliphatic heterocycles. The number of amides is 2. The molecule has 1 aromatic heterocycles. The molecule has 0 aliphatic carbocycles. The quantitative estimate of drug-likeness (QED) is 0.420. The Hall–Kier alpha value is -3.58. The van der Waals surface area contributed by atoms with Crippen molar-refractivity contribution >= 4 is 39.0 Å². The SMILES string of the molecule is COc1ccc(OC)c(NC(=O)Nc2ccc(-c3nc4ccccc4s3)cc2C)c1. The van der Waals surface area contributed by atoms with Crippen LogP contribution in [0.4, 0.5) is 16.2 Å². The van der Waals surface area contributed by atoms with E-state index in [1.165, 1.54) is 0 Å². The van der Waals surface area contributed by atoms with Crippen molar-refractivity contribution in [2.75, 3.05) is 24.9 Å². The average molecular weight is 420 g/mol. The minimum atomic E-state index is -0.364. The number of rotatable bonds is 5. The van der Waals surface area contributed by atoms with Crippen molar-refractivity contribution in [2.45, 2.75) is 6.92 Å². The molecule has 30 heavy (non-hydrogen) atoms. The van der Waals surface area contributed by atoms with Crippen molar-refractivity contribution in [1.82, 2.24) is 4.98 Å². The normalized spacial score (nSPS) is 10.6. The lowest BCUT2D eigenvalue weighted by Gasteiger charge is -2.14. The lowest BCUT2D eigenvalue weighted by atomic mass is 10.1. The lowest BCUT2D eigenvalue weighted by Crippen LogP contribution is -2.20. The van der Waals surface area contributed by atoms with Crippen LogP contribution in [-0.4, -0.2) is 25.2 Å². The van der Waals surface area contributed by atoms with Crippen LogP contribution in [0.15, 0.2) is 60.7 Å². The van der Waals surface area contributed by atoms with Gasteiger partial charge in [-0.2, -0.15) is 0 Å². The van der Waals surface area contributed by atoms with Crippen LogP contribution in [0, 0.1) is 6.92 Å². The van der Waals surface area contributed by atoms with Gasteiger partial charge in [0.2, 0.25) is 0 Å². The van der Waals surface area contributed by atoms with E-state index >= 15 is 0 Å². The minimum absolute atomic E-state index is 0.364. The second kappa shape index (κ2) is 8.42. The molecule has 3 aromatic carbocycles. The molecule has 0 spiro atoms. The zero-order valence-electron chi connectivity index (χ0n) is 16.9. The summed E-state index contributed by atoms with van der Waals surface area (Å²) in [6.45, 7) is 1.96. The molecule has 0 saturated heterocycles. The molecular weight excluding hydrogens is 398 g/mol. The molecule has 0 saturated carbocycles. The number of nitrogens with zero attached hydrogens (tertiary/aromatic N) is 1. The Balaban J connectivity index is 1.52. The number of anilines is 2. The van der Waals surface area contributed by atoms with Gasteiger partial charge < -0.3 is 20.1 Å². The molecule has 0 fully saturated rings. The number of aryl methyl sites for hydroxylation is 1. The number of methoxy groups -OCH3 is 2. The van der Waals surface area contributed by atoms with Crippen molar-refractivity contribution in [3.05, 3.63) is 66.2 Å². The van der Waals surface area contributed by atoms with Crippen molar-refractivity contribution in [3.8, 4) is 22.1 Å². The summed E-state index contributed by atoms with van der Waals surface area (Å²) in [5, 5.41) is 6.65. The number of thiazole rings is 1. The number of hydrogen-bond acceptors (Lipinski definition) is 5. The van der Waals surface area contributed by atoms with Gasteiger partial charge in [-0.15, -0.1) is 11.3 Å². The molecule has 6 nitrogen and oxygen atoms in total. The molecule has 0 atom stereocenters. The Morgan fingerprint density at radius 2 is 1.73 bits per heavy atom. The molecule has 152 valence electrons. The zero-order chi connectivity index (χ0) is 21.1. The summed E-state index contributed by atoms with van der Waals surface area (Å²) >= 11 is 1.65. The van der Waals surface area contributed by atoms with Gasteiger partial charge >= 0.3 is 6.03 Å². The summed E-state index contributed by atoms with van der Waals surface area (Å²) in [5.74, 6) is 1.18. The van der Waals surface area contributed by atoms with E-state index in [4.69, 9.17) is 14.5 Å². The Morgan fingerprint density at radius 1 is 0.933 bits per heavy atom. The van der Waals surface area contributed by atoms with Crippen LogP contribution < -0.4 is 20.1 Å². The van der Waals surface area contributed by atoms with Gasteiger partial charge in [-0.05, 0) is 55.0 Å². The first-order chi connectivity index (χ1) is 14.6. The van der Waals surface area contributed by atoms with Gasteiger partial charge in [0.15, 0.2) is 0 Å². The van der Waals surface area contributed by atoms with Crippen LogP contribution in [0.5, 0.6) is 11.5 Å². The van der Waals surface area contributed by atoms with Crippen LogP contribution in [0.3, 0.4) is 0 Å². The average Bonchev–Trinajstić information content (AvgIpc) is 3.19. The largest absolute Gasteiger partial charge is 0.497 e. The smallest absolute Gasteiger partial charge is 0.323 e. The van der Waals surface area contributed by atoms with E-state index in [0.29, 0.717) is 17.2 Å². The topological polar surface area (TPSA) is 72.5 Å². The fraction of sp³-hybridized carbons (Fsp3) is 0.130. The highest BCUT2D eigenvalue weighted by Gasteiger charge is 2.12. The van der Waals surface area contributed by atoms with Crippen molar-refractivity contribution in [1.29, 1.82) is 0 Å². The van der Waals surface area contributed by atoms with Gasteiger partial charge in [-0.1, -0.05) is 12.1 Å². The van der Waals surface area contributed by atoms with Crippen LogP contribution in [0.2, 0.25) is 0 Å². The summed E-state index contributed by atoms with van der Waals surface area (Å²) in [6.07, 6.45) is 0. The van der Waals surface area contributed by atoms with E-state index in [1.54, 1.807) is 43.8 Å². The van der Waals surface area contributed by atoms with Gasteiger partial charge in [-0.25, -0.2) is 9.78 Å². The van der Waals surface area contributed by atoms with Crippen LogP contribution >= 0.6 is 11.3 Å². The maximum atomic E-state index is 12.5. The highest BCUT2D eigenvalue weighted by molar-refractivity contribution is 7.21. The van der Waals surface area contributed by atoms with Crippen LogP contribution in [-0.2, 0) is 0 Å². The highest BCUT2D eigenvalue weighted by Crippen LogP contribution is 2.32. The molecule has 0 unspecified atom stereocenters. The predicted molar refractivity (Wildman–Crippen MR) is 122 cm³/mol. The third-order valence-electron chi connectivity index (χ3n) is 4.67. The first-order valence-corrected chi connectivity index (χ1v) is 10.2. The van der Waals surface area contributed by atoms with Crippen molar-refractivity contribution in [2.24, 2.45) is 0 Å². The maximum Gasteiger partial charge on any atom is 0.323 e. The number of benzene rings is 3. The summed E-state index contributed by atoms with van der Waals surface area (Å²) in [5.41, 5.74) is 4.20. The molecule has 2 N–H and O–H groups in total. The number of hydrogen-bond donors (Lipinski definition) is 2. The third-order valence-corrected chi connectivity index (χ3v) is 5.76. The summed E-state index contributed by atoms with van der Waals surface area (Å²) in [7, 11) is 3.12. The van der Waals surface area contributed by atoms with Crippen molar-refractivity contribution in [3.63, 3.8) is 0 Å². The fourth-order valence-electron chi connectivity index (χ4n) is 3.12. The number of urea groups is 1. The summed E-state index contributed by atoms with van der Waals surface area (Å²) < 4.78 is 11.7. The lowest BCUT2D eigenvalue weighted by molar-refractivity contribution is 0.262. The van der Waals surface area contributed by atoms with Gasteiger partial charge in [-0.3, -0.25) is 0 Å². The highest BCUT2D eigenvalue weighted by atomic mass is 32.1. The second-order valence-electron chi connectivity index (χ2n) is 6.66. The number of para-hydroxylation sites is 1. The van der Waals surface area contributed by atoms with Crippen LogP contribution in [0.1, 0.15) is 5.56 Å². The van der Waals surface area contributed by atoms with E-state index in [0.717, 1.165) is 32.0 Å². The minimum Gasteiger partial charge on any atom is -0.497 e. The standard InChI is InChI=1S/C23H21N3O3S/c1-14-12-15(22-24-18-6-4-5-7-21(18)30-22)8-10-17(14)25-23(27)26-19-13-16(28-2)9-11-20(19)29-3/h4-13H,1-3H3,(H2,25,26,27). The number of carbonyl (C=O) groups is 1. The zero-order valence-corrected chi connectivity index (χ0v) is 17.7. The number of nitrogens with one attached hydrogen (secondary N) is 2. The van der Waals surface area contributed by atoms with E-state index in [1.807, 2.05) is 43.3 Å². The van der Waals surface area contributed by atoms with Gasteiger partial charge in [0.1, 0.15) is 16.5 Å². The van der Waals surface area contributed by atoms with Crippen LogP contribution in [0.25, 0.3) is 20.8 Å². The van der Waals surface area contributed by atoms with Gasteiger partial charge in [0.05, 0.1) is 30.1 Å². The van der Waals surface area contributed by atoms with Gasteiger partial charge in [0.25, 0.3) is 0 Å². The Kier molecular flexibility index (Phi) is 5.54. The molecule has 0 aliphatic rings. The Labute approximate surface area is 178 Å².